The Morgan fingerprint density at radius 2 is 2.00 bits per heavy atom. The van der Waals surface area contributed by atoms with Crippen LogP contribution in [0.25, 0.3) is 0 Å². The normalized spacial score (nSPS) is 26.7. The molecule has 0 N–H and O–H groups in total. The first kappa shape index (κ1) is 14.3. The van der Waals surface area contributed by atoms with Gasteiger partial charge >= 0.3 is 6.09 Å². The van der Waals surface area contributed by atoms with Gasteiger partial charge in [0.15, 0.2) is 0 Å². The highest BCUT2D eigenvalue weighted by Crippen LogP contribution is 2.21. The molecular weight excluding hydrogens is 216 g/mol. The number of carbonyl (C=O) groups is 1. The molecule has 0 aromatic heterocycles. The van der Waals surface area contributed by atoms with Crippen molar-refractivity contribution in [2.45, 2.75) is 58.2 Å². The van der Waals surface area contributed by atoms with Gasteiger partial charge < -0.3 is 14.5 Å². The van der Waals surface area contributed by atoms with Crippen molar-refractivity contribution < 1.29 is 9.53 Å². The van der Waals surface area contributed by atoms with E-state index in [1.165, 1.54) is 0 Å². The molecule has 0 spiro atoms. The topological polar surface area (TPSA) is 32.8 Å². The van der Waals surface area contributed by atoms with E-state index in [1.54, 1.807) is 4.90 Å². The van der Waals surface area contributed by atoms with Gasteiger partial charge in [-0.15, -0.1) is 0 Å². The van der Waals surface area contributed by atoms with Crippen molar-refractivity contribution in [2.24, 2.45) is 0 Å². The highest BCUT2D eigenvalue weighted by molar-refractivity contribution is 5.68. The molecule has 0 radical (unpaired) electrons. The van der Waals surface area contributed by atoms with Crippen molar-refractivity contribution in [3.8, 4) is 0 Å². The molecule has 0 saturated carbocycles. The number of piperidine rings is 1. The molecular formula is C13H26N2O2. The van der Waals surface area contributed by atoms with Crippen LogP contribution < -0.4 is 0 Å². The molecule has 4 heteroatoms. The lowest BCUT2D eigenvalue weighted by Gasteiger charge is -2.39. The predicted molar refractivity (Wildman–Crippen MR) is 69.1 cm³/mol. The summed E-state index contributed by atoms with van der Waals surface area (Å²) in [4.78, 5) is 16.0. The smallest absolute Gasteiger partial charge is 0.410 e. The highest BCUT2D eigenvalue weighted by atomic mass is 16.6. The van der Waals surface area contributed by atoms with Crippen LogP contribution in [0.5, 0.6) is 0 Å². The lowest BCUT2D eigenvalue weighted by molar-refractivity contribution is 0.0124. The molecule has 2 unspecified atom stereocenters. The van der Waals surface area contributed by atoms with Gasteiger partial charge in [-0.2, -0.15) is 0 Å². The van der Waals surface area contributed by atoms with Gasteiger partial charge in [-0.1, -0.05) is 0 Å². The van der Waals surface area contributed by atoms with E-state index < -0.39 is 5.60 Å². The Labute approximate surface area is 105 Å². The molecule has 1 amide bonds. The van der Waals surface area contributed by atoms with E-state index in [-0.39, 0.29) is 6.09 Å². The summed E-state index contributed by atoms with van der Waals surface area (Å²) in [5.41, 5.74) is -0.414. The summed E-state index contributed by atoms with van der Waals surface area (Å²) in [6, 6.07) is 0.828. The summed E-state index contributed by atoms with van der Waals surface area (Å²) < 4.78 is 5.39. The van der Waals surface area contributed by atoms with Crippen molar-refractivity contribution in [1.82, 2.24) is 9.80 Å². The Morgan fingerprint density at radius 3 is 2.47 bits per heavy atom. The Balaban J connectivity index is 2.53. The van der Waals surface area contributed by atoms with E-state index in [4.69, 9.17) is 4.74 Å². The molecule has 4 nitrogen and oxygen atoms in total. The third-order valence-electron chi connectivity index (χ3n) is 3.41. The van der Waals surface area contributed by atoms with Crippen LogP contribution in [0, 0.1) is 0 Å². The summed E-state index contributed by atoms with van der Waals surface area (Å²) in [5, 5.41) is 0. The van der Waals surface area contributed by atoms with Gasteiger partial charge in [0, 0.05) is 25.7 Å². The number of nitrogens with zero attached hydrogens (tertiary/aromatic N) is 2. The number of ether oxygens (including phenoxy) is 1. The van der Waals surface area contributed by atoms with Crippen molar-refractivity contribution in [2.75, 3.05) is 20.6 Å². The summed E-state index contributed by atoms with van der Waals surface area (Å²) in [5.74, 6) is 0. The average molecular weight is 242 g/mol. The molecule has 1 saturated heterocycles. The van der Waals surface area contributed by atoms with Crippen LogP contribution in [0.2, 0.25) is 0 Å². The first-order chi connectivity index (χ1) is 7.70. The molecule has 1 rings (SSSR count). The molecule has 1 fully saturated rings. The van der Waals surface area contributed by atoms with Crippen LogP contribution in [0.1, 0.15) is 40.5 Å². The SMILES string of the molecule is CC1CC(N(C)C(=O)OC(C)(C)C)CCN1C. The molecule has 0 bridgehead atoms. The minimum Gasteiger partial charge on any atom is -0.444 e. The molecule has 1 aliphatic heterocycles. The van der Waals surface area contributed by atoms with E-state index in [2.05, 4.69) is 18.9 Å². The second-order valence-electron chi connectivity index (χ2n) is 6.10. The highest BCUT2D eigenvalue weighted by Gasteiger charge is 2.30. The van der Waals surface area contributed by atoms with Crippen molar-refractivity contribution >= 4 is 6.09 Å². The standard InChI is InChI=1S/C13H26N2O2/c1-10-9-11(7-8-14(10)5)15(6)12(16)17-13(2,3)4/h10-11H,7-9H2,1-6H3. The zero-order valence-electron chi connectivity index (χ0n) is 12.0. The molecule has 2 atom stereocenters. The molecule has 17 heavy (non-hydrogen) atoms. The number of likely N-dealkylation sites (tertiary alicyclic amines) is 1. The zero-order valence-corrected chi connectivity index (χ0v) is 12.0. The van der Waals surface area contributed by atoms with E-state index >= 15 is 0 Å². The maximum absolute atomic E-state index is 11.9. The molecule has 0 aromatic carbocycles. The summed E-state index contributed by atoms with van der Waals surface area (Å²) >= 11 is 0. The van der Waals surface area contributed by atoms with Crippen LogP contribution in [-0.2, 0) is 4.74 Å². The number of hydrogen-bond donors (Lipinski definition) is 0. The van der Waals surface area contributed by atoms with E-state index in [9.17, 15) is 4.79 Å². The monoisotopic (exact) mass is 242 g/mol. The van der Waals surface area contributed by atoms with Crippen molar-refractivity contribution in [3.63, 3.8) is 0 Å². The van der Waals surface area contributed by atoms with E-state index in [0.29, 0.717) is 12.1 Å². The predicted octanol–water partition coefficient (Wildman–Crippen LogP) is 2.34. The van der Waals surface area contributed by atoms with Crippen LogP contribution in [0.15, 0.2) is 0 Å². The maximum atomic E-state index is 11.9. The number of rotatable bonds is 1. The van der Waals surface area contributed by atoms with Gasteiger partial charge in [-0.05, 0) is 47.6 Å². The number of amides is 1. The fourth-order valence-corrected chi connectivity index (χ4v) is 2.10. The summed E-state index contributed by atoms with van der Waals surface area (Å²) in [6.07, 6.45) is 1.84. The second kappa shape index (κ2) is 5.25. The van der Waals surface area contributed by atoms with Gasteiger partial charge in [0.05, 0.1) is 0 Å². The Kier molecular flexibility index (Phi) is 4.42. The van der Waals surface area contributed by atoms with Crippen LogP contribution in [-0.4, -0.2) is 54.2 Å². The van der Waals surface area contributed by atoms with Crippen molar-refractivity contribution in [3.05, 3.63) is 0 Å². The van der Waals surface area contributed by atoms with Gasteiger partial charge in [-0.3, -0.25) is 0 Å². The molecule has 0 aliphatic carbocycles. The van der Waals surface area contributed by atoms with E-state index in [1.807, 2.05) is 27.8 Å². The fraction of sp³-hybridized carbons (Fsp3) is 0.923. The molecule has 0 aromatic rings. The number of carbonyl (C=O) groups excluding carboxylic acids is 1. The van der Waals surface area contributed by atoms with Gasteiger partial charge in [-0.25, -0.2) is 4.79 Å². The maximum Gasteiger partial charge on any atom is 0.410 e. The molecule has 1 heterocycles. The van der Waals surface area contributed by atoms with Gasteiger partial charge in [0.2, 0.25) is 0 Å². The lowest BCUT2D eigenvalue weighted by atomic mass is 9.98. The summed E-state index contributed by atoms with van der Waals surface area (Å²) in [6.45, 7) is 8.94. The Bertz CT molecular complexity index is 273. The first-order valence-corrected chi connectivity index (χ1v) is 6.37. The zero-order chi connectivity index (χ0) is 13.2. The van der Waals surface area contributed by atoms with Crippen LogP contribution >= 0.6 is 0 Å². The van der Waals surface area contributed by atoms with E-state index in [0.717, 1.165) is 19.4 Å². The third kappa shape index (κ3) is 4.19. The van der Waals surface area contributed by atoms with Gasteiger partial charge in [0.25, 0.3) is 0 Å². The number of hydrogen-bond acceptors (Lipinski definition) is 3. The van der Waals surface area contributed by atoms with Crippen LogP contribution in [0.4, 0.5) is 4.79 Å². The lowest BCUT2D eigenvalue weighted by Crippen LogP contribution is -2.49. The average Bonchev–Trinajstić information content (AvgIpc) is 2.18. The minimum atomic E-state index is -0.414. The van der Waals surface area contributed by atoms with Crippen molar-refractivity contribution in [1.29, 1.82) is 0 Å². The second-order valence-corrected chi connectivity index (χ2v) is 6.10. The largest absolute Gasteiger partial charge is 0.444 e. The van der Waals surface area contributed by atoms with Gasteiger partial charge in [0.1, 0.15) is 5.60 Å². The quantitative estimate of drug-likeness (QED) is 0.707. The van der Waals surface area contributed by atoms with Crippen LogP contribution in [0.3, 0.4) is 0 Å². The molecule has 1 aliphatic rings. The minimum absolute atomic E-state index is 0.209. The first-order valence-electron chi connectivity index (χ1n) is 6.37. The Morgan fingerprint density at radius 1 is 1.41 bits per heavy atom. The Hall–Kier alpha value is -0.770. The third-order valence-corrected chi connectivity index (χ3v) is 3.41. The summed E-state index contributed by atoms with van der Waals surface area (Å²) in [7, 11) is 3.98. The fourth-order valence-electron chi connectivity index (χ4n) is 2.10. The molecule has 100 valence electrons.